The van der Waals surface area contributed by atoms with Gasteiger partial charge in [0, 0.05) is 31.2 Å². The van der Waals surface area contributed by atoms with Crippen molar-refractivity contribution < 1.29 is 0 Å². The Labute approximate surface area is 106 Å². The second-order valence-corrected chi connectivity index (χ2v) is 6.09. The zero-order valence-corrected chi connectivity index (χ0v) is 11.5. The third-order valence-corrected chi connectivity index (χ3v) is 4.49. The van der Waals surface area contributed by atoms with Gasteiger partial charge in [0.2, 0.25) is 0 Å². The lowest BCUT2D eigenvalue weighted by atomic mass is 9.85. The molecule has 2 heteroatoms. The van der Waals surface area contributed by atoms with Gasteiger partial charge >= 0.3 is 0 Å². The Hall–Kier alpha value is -0.340. The van der Waals surface area contributed by atoms with Crippen LogP contribution in [0, 0.1) is 5.92 Å². The molecule has 2 rings (SSSR count). The molecule has 0 aromatic rings. The van der Waals surface area contributed by atoms with Crippen LogP contribution in [0.15, 0.2) is 12.7 Å². The van der Waals surface area contributed by atoms with Gasteiger partial charge in [0.15, 0.2) is 0 Å². The van der Waals surface area contributed by atoms with Crippen molar-refractivity contribution in [3.63, 3.8) is 0 Å². The van der Waals surface area contributed by atoms with Crippen molar-refractivity contribution in [2.24, 2.45) is 5.92 Å². The van der Waals surface area contributed by atoms with E-state index in [0.29, 0.717) is 12.1 Å². The van der Waals surface area contributed by atoms with Gasteiger partial charge in [-0.05, 0) is 39.0 Å². The Balaban J connectivity index is 1.84. The molecule has 98 valence electrons. The van der Waals surface area contributed by atoms with Crippen LogP contribution in [0.5, 0.6) is 0 Å². The topological polar surface area (TPSA) is 15.3 Å². The molecule has 2 nitrogen and oxygen atoms in total. The van der Waals surface area contributed by atoms with Gasteiger partial charge in [-0.25, -0.2) is 0 Å². The van der Waals surface area contributed by atoms with Crippen LogP contribution < -0.4 is 5.32 Å². The van der Waals surface area contributed by atoms with Crippen molar-refractivity contribution in [1.82, 2.24) is 10.2 Å². The fraction of sp³-hybridized carbons (Fsp3) is 0.867. The Kier molecular flexibility index (Phi) is 4.63. The normalized spacial score (nSPS) is 33.1. The quantitative estimate of drug-likeness (QED) is 0.738. The molecular weight excluding hydrogens is 208 g/mol. The van der Waals surface area contributed by atoms with Gasteiger partial charge in [-0.1, -0.05) is 18.9 Å². The van der Waals surface area contributed by atoms with Crippen LogP contribution in [-0.2, 0) is 0 Å². The van der Waals surface area contributed by atoms with Crippen LogP contribution in [-0.4, -0.2) is 36.1 Å². The molecule has 0 spiro atoms. The van der Waals surface area contributed by atoms with E-state index in [1.807, 2.05) is 6.08 Å². The van der Waals surface area contributed by atoms with Gasteiger partial charge in [-0.15, -0.1) is 6.58 Å². The summed E-state index contributed by atoms with van der Waals surface area (Å²) in [4.78, 5) is 2.53. The summed E-state index contributed by atoms with van der Waals surface area (Å²) in [6.45, 7) is 10.6. The molecule has 1 saturated carbocycles. The number of hydrogen-bond acceptors (Lipinski definition) is 2. The molecule has 1 aliphatic heterocycles. The van der Waals surface area contributed by atoms with Gasteiger partial charge in [0.1, 0.15) is 0 Å². The molecule has 1 saturated heterocycles. The van der Waals surface area contributed by atoms with Gasteiger partial charge in [-0.2, -0.15) is 0 Å². The van der Waals surface area contributed by atoms with Crippen molar-refractivity contribution >= 4 is 0 Å². The Bertz CT molecular complexity index is 235. The lowest BCUT2D eigenvalue weighted by Crippen LogP contribution is -2.43. The molecule has 0 amide bonds. The van der Waals surface area contributed by atoms with E-state index in [2.05, 4.69) is 30.6 Å². The van der Waals surface area contributed by atoms with E-state index in [-0.39, 0.29) is 0 Å². The second kappa shape index (κ2) is 6.01. The van der Waals surface area contributed by atoms with Crippen LogP contribution in [0.3, 0.4) is 0 Å². The highest BCUT2D eigenvalue weighted by Crippen LogP contribution is 2.33. The molecule has 2 fully saturated rings. The summed E-state index contributed by atoms with van der Waals surface area (Å²) in [5.41, 5.74) is 0. The van der Waals surface area contributed by atoms with E-state index in [0.717, 1.165) is 18.5 Å². The minimum Gasteiger partial charge on any atom is -0.310 e. The minimum atomic E-state index is 0.623. The van der Waals surface area contributed by atoms with Crippen LogP contribution in [0.4, 0.5) is 0 Å². The maximum atomic E-state index is 3.87. The van der Waals surface area contributed by atoms with Gasteiger partial charge in [0.25, 0.3) is 0 Å². The van der Waals surface area contributed by atoms with Crippen molar-refractivity contribution in [3.8, 4) is 0 Å². The maximum Gasteiger partial charge on any atom is 0.0201 e. The first-order chi connectivity index (χ1) is 8.20. The fourth-order valence-electron chi connectivity index (χ4n) is 3.52. The van der Waals surface area contributed by atoms with Crippen LogP contribution in [0.25, 0.3) is 0 Å². The third-order valence-electron chi connectivity index (χ3n) is 4.49. The lowest BCUT2D eigenvalue weighted by molar-refractivity contribution is 0.222. The van der Waals surface area contributed by atoms with Crippen molar-refractivity contribution in [2.45, 2.75) is 64.1 Å². The molecule has 0 aromatic carbocycles. The van der Waals surface area contributed by atoms with E-state index in [1.54, 1.807) is 0 Å². The Morgan fingerprint density at radius 2 is 2.12 bits per heavy atom. The highest BCUT2D eigenvalue weighted by Gasteiger charge is 2.35. The van der Waals surface area contributed by atoms with E-state index < -0.39 is 0 Å². The van der Waals surface area contributed by atoms with Crippen molar-refractivity contribution in [3.05, 3.63) is 12.7 Å². The predicted molar refractivity (Wildman–Crippen MR) is 74.2 cm³/mol. The number of nitrogens with one attached hydrogen (secondary N) is 1. The molecule has 0 bridgehead atoms. The monoisotopic (exact) mass is 236 g/mol. The smallest absolute Gasteiger partial charge is 0.0201 e. The molecule has 2 aliphatic rings. The average molecular weight is 236 g/mol. The summed E-state index contributed by atoms with van der Waals surface area (Å²) in [6, 6.07) is 2.16. The van der Waals surface area contributed by atoms with Crippen LogP contribution >= 0.6 is 0 Å². The van der Waals surface area contributed by atoms with Gasteiger partial charge < -0.3 is 5.32 Å². The molecule has 1 aliphatic carbocycles. The number of nitrogens with zero attached hydrogens (tertiary/aromatic N) is 1. The predicted octanol–water partition coefficient (Wildman–Crippen LogP) is 2.80. The Morgan fingerprint density at radius 1 is 1.35 bits per heavy atom. The first-order valence-corrected chi connectivity index (χ1v) is 7.31. The summed E-state index contributed by atoms with van der Waals surface area (Å²) in [5, 5.41) is 3.86. The summed E-state index contributed by atoms with van der Waals surface area (Å²) in [7, 11) is 0. The zero-order valence-electron chi connectivity index (χ0n) is 11.5. The zero-order chi connectivity index (χ0) is 12.3. The SMILES string of the molecule is C=CCN(CC1CC2CCCCC2N1)C(C)C. The van der Waals surface area contributed by atoms with Crippen molar-refractivity contribution in [1.29, 1.82) is 0 Å². The van der Waals surface area contributed by atoms with Crippen molar-refractivity contribution in [2.75, 3.05) is 13.1 Å². The second-order valence-electron chi connectivity index (χ2n) is 6.09. The lowest BCUT2D eigenvalue weighted by Gasteiger charge is -2.28. The highest BCUT2D eigenvalue weighted by atomic mass is 15.2. The standard InChI is InChI=1S/C15H28N2/c1-4-9-17(12(2)3)11-14-10-13-7-5-6-8-15(13)16-14/h4,12-16H,1,5-11H2,2-3H3. The number of fused-ring (bicyclic) bond motifs is 1. The van der Waals surface area contributed by atoms with Crippen LogP contribution in [0.2, 0.25) is 0 Å². The van der Waals surface area contributed by atoms with Gasteiger partial charge in [0.05, 0.1) is 0 Å². The first-order valence-electron chi connectivity index (χ1n) is 7.31. The largest absolute Gasteiger partial charge is 0.310 e. The molecule has 3 unspecified atom stereocenters. The minimum absolute atomic E-state index is 0.623. The van der Waals surface area contributed by atoms with E-state index in [4.69, 9.17) is 0 Å². The van der Waals surface area contributed by atoms with Crippen LogP contribution in [0.1, 0.15) is 46.0 Å². The summed E-state index contributed by atoms with van der Waals surface area (Å²) >= 11 is 0. The molecule has 17 heavy (non-hydrogen) atoms. The molecule has 1 heterocycles. The first kappa shape index (κ1) is 13.1. The summed E-state index contributed by atoms with van der Waals surface area (Å²) in [5.74, 6) is 0.964. The molecule has 0 radical (unpaired) electrons. The summed E-state index contributed by atoms with van der Waals surface area (Å²) < 4.78 is 0. The third kappa shape index (κ3) is 3.32. The molecule has 0 aromatic heterocycles. The van der Waals surface area contributed by atoms with Gasteiger partial charge in [-0.3, -0.25) is 4.90 Å². The molecular formula is C15H28N2. The Morgan fingerprint density at radius 3 is 2.76 bits per heavy atom. The highest BCUT2D eigenvalue weighted by molar-refractivity contribution is 4.94. The van der Waals surface area contributed by atoms with E-state index >= 15 is 0 Å². The average Bonchev–Trinajstić information content (AvgIpc) is 2.70. The van der Waals surface area contributed by atoms with E-state index in [9.17, 15) is 0 Å². The number of hydrogen-bond donors (Lipinski definition) is 1. The fourth-order valence-corrected chi connectivity index (χ4v) is 3.52. The summed E-state index contributed by atoms with van der Waals surface area (Å²) in [6.07, 6.45) is 9.17. The maximum absolute atomic E-state index is 3.87. The van der Waals surface area contributed by atoms with E-state index in [1.165, 1.54) is 38.6 Å². The molecule has 3 atom stereocenters. The number of rotatable bonds is 5. The molecule has 1 N–H and O–H groups in total.